The standard InChI is InChI=1S/C12H21N/c1-10(2)6-7-12(11(3)4)8-9-13-5/h6-7,13H,1,8-9H2,2-5H3/b7-6-. The van der Waals surface area contributed by atoms with Crippen LogP contribution in [0.25, 0.3) is 0 Å². The highest BCUT2D eigenvalue weighted by Gasteiger charge is 1.94. The van der Waals surface area contributed by atoms with Gasteiger partial charge in [0.15, 0.2) is 0 Å². The molecule has 13 heavy (non-hydrogen) atoms. The third-order valence-corrected chi connectivity index (χ3v) is 1.86. The van der Waals surface area contributed by atoms with Gasteiger partial charge in [-0.3, -0.25) is 0 Å². The highest BCUT2D eigenvalue weighted by molar-refractivity contribution is 5.28. The van der Waals surface area contributed by atoms with Crippen molar-refractivity contribution >= 4 is 0 Å². The Kier molecular flexibility index (Phi) is 6.25. The molecule has 0 unspecified atom stereocenters. The largest absolute Gasteiger partial charge is 0.319 e. The summed E-state index contributed by atoms with van der Waals surface area (Å²) in [4.78, 5) is 0. The lowest BCUT2D eigenvalue weighted by Crippen LogP contribution is -2.08. The molecule has 0 saturated heterocycles. The molecule has 0 spiro atoms. The van der Waals surface area contributed by atoms with Crippen molar-refractivity contribution in [3.05, 3.63) is 35.5 Å². The van der Waals surface area contributed by atoms with Crippen molar-refractivity contribution in [2.24, 2.45) is 0 Å². The van der Waals surface area contributed by atoms with Crippen LogP contribution in [0.15, 0.2) is 35.5 Å². The molecule has 0 fully saturated rings. The smallest absolute Gasteiger partial charge is 0.00114 e. The molecule has 0 radical (unpaired) electrons. The predicted molar refractivity (Wildman–Crippen MR) is 60.9 cm³/mol. The van der Waals surface area contributed by atoms with Crippen LogP contribution in [-0.4, -0.2) is 13.6 Å². The quantitative estimate of drug-likeness (QED) is 0.640. The predicted octanol–water partition coefficient (Wildman–Crippen LogP) is 3.06. The van der Waals surface area contributed by atoms with Crippen LogP contribution >= 0.6 is 0 Å². The van der Waals surface area contributed by atoms with Gasteiger partial charge in [0, 0.05) is 0 Å². The second-order valence-corrected chi connectivity index (χ2v) is 3.56. The Labute approximate surface area is 82.2 Å². The number of nitrogens with one attached hydrogen (secondary N) is 1. The van der Waals surface area contributed by atoms with Gasteiger partial charge in [-0.1, -0.05) is 29.9 Å². The summed E-state index contributed by atoms with van der Waals surface area (Å²) < 4.78 is 0. The van der Waals surface area contributed by atoms with E-state index in [-0.39, 0.29) is 0 Å². The Balaban J connectivity index is 4.29. The highest BCUT2D eigenvalue weighted by Crippen LogP contribution is 2.10. The van der Waals surface area contributed by atoms with Crippen LogP contribution in [0.3, 0.4) is 0 Å². The molecule has 0 bridgehead atoms. The Morgan fingerprint density at radius 3 is 2.23 bits per heavy atom. The molecule has 0 amide bonds. The first-order valence-electron chi connectivity index (χ1n) is 4.72. The zero-order valence-electron chi connectivity index (χ0n) is 9.28. The first kappa shape index (κ1) is 12.2. The van der Waals surface area contributed by atoms with Crippen molar-refractivity contribution in [1.29, 1.82) is 0 Å². The minimum absolute atomic E-state index is 1.03. The minimum Gasteiger partial charge on any atom is -0.319 e. The third kappa shape index (κ3) is 6.35. The molecule has 0 aromatic carbocycles. The van der Waals surface area contributed by atoms with Crippen LogP contribution < -0.4 is 5.32 Å². The van der Waals surface area contributed by atoms with Crippen molar-refractivity contribution in [2.75, 3.05) is 13.6 Å². The van der Waals surface area contributed by atoms with Crippen molar-refractivity contribution in [2.45, 2.75) is 27.2 Å². The molecular formula is C12H21N. The van der Waals surface area contributed by atoms with E-state index < -0.39 is 0 Å². The second-order valence-electron chi connectivity index (χ2n) is 3.56. The van der Waals surface area contributed by atoms with Crippen molar-refractivity contribution in [3.63, 3.8) is 0 Å². The fourth-order valence-electron chi connectivity index (χ4n) is 1.00. The Hall–Kier alpha value is -0.820. The van der Waals surface area contributed by atoms with Gasteiger partial charge in [0.05, 0.1) is 0 Å². The zero-order chi connectivity index (χ0) is 10.3. The zero-order valence-corrected chi connectivity index (χ0v) is 9.28. The summed E-state index contributed by atoms with van der Waals surface area (Å²) in [5.41, 5.74) is 3.88. The molecule has 74 valence electrons. The first-order chi connectivity index (χ1) is 6.07. The van der Waals surface area contributed by atoms with E-state index in [1.807, 2.05) is 14.0 Å². The van der Waals surface area contributed by atoms with Gasteiger partial charge in [-0.15, -0.1) is 0 Å². The monoisotopic (exact) mass is 179 g/mol. The van der Waals surface area contributed by atoms with E-state index in [2.05, 4.69) is 37.9 Å². The Morgan fingerprint density at radius 1 is 1.23 bits per heavy atom. The van der Waals surface area contributed by atoms with E-state index in [1.54, 1.807) is 0 Å². The molecule has 0 aliphatic carbocycles. The number of hydrogen-bond acceptors (Lipinski definition) is 1. The molecule has 0 atom stereocenters. The van der Waals surface area contributed by atoms with Crippen LogP contribution in [0.5, 0.6) is 0 Å². The number of allylic oxidation sites excluding steroid dienone is 4. The van der Waals surface area contributed by atoms with Crippen LogP contribution in [0.1, 0.15) is 27.2 Å². The van der Waals surface area contributed by atoms with Crippen LogP contribution in [0.4, 0.5) is 0 Å². The molecule has 0 aromatic heterocycles. The fraction of sp³-hybridized carbons (Fsp3) is 0.500. The summed E-state index contributed by atoms with van der Waals surface area (Å²) in [6, 6.07) is 0. The first-order valence-corrected chi connectivity index (χ1v) is 4.72. The van der Waals surface area contributed by atoms with Gasteiger partial charge in [-0.05, 0) is 46.4 Å². The Morgan fingerprint density at radius 2 is 1.85 bits per heavy atom. The van der Waals surface area contributed by atoms with Gasteiger partial charge in [-0.2, -0.15) is 0 Å². The van der Waals surface area contributed by atoms with E-state index in [1.165, 1.54) is 11.1 Å². The molecule has 1 N–H and O–H groups in total. The third-order valence-electron chi connectivity index (χ3n) is 1.86. The molecule has 0 aromatic rings. The van der Waals surface area contributed by atoms with E-state index in [0.29, 0.717) is 0 Å². The molecular weight excluding hydrogens is 158 g/mol. The summed E-state index contributed by atoms with van der Waals surface area (Å²) in [6.45, 7) is 11.2. The maximum Gasteiger partial charge on any atom is -0.00114 e. The maximum atomic E-state index is 3.84. The van der Waals surface area contributed by atoms with Gasteiger partial charge in [-0.25, -0.2) is 0 Å². The molecule has 1 heteroatoms. The molecule has 0 heterocycles. The van der Waals surface area contributed by atoms with E-state index >= 15 is 0 Å². The molecule has 0 rings (SSSR count). The van der Waals surface area contributed by atoms with Gasteiger partial charge in [0.1, 0.15) is 0 Å². The number of hydrogen-bond donors (Lipinski definition) is 1. The summed E-state index contributed by atoms with van der Waals surface area (Å²) in [5, 5.41) is 3.15. The normalized spacial score (nSPS) is 10.5. The fourth-order valence-corrected chi connectivity index (χ4v) is 1.00. The summed E-state index contributed by atoms with van der Waals surface area (Å²) in [7, 11) is 1.98. The van der Waals surface area contributed by atoms with Gasteiger partial charge >= 0.3 is 0 Å². The number of rotatable bonds is 5. The van der Waals surface area contributed by atoms with Crippen LogP contribution in [0, 0.1) is 0 Å². The van der Waals surface area contributed by atoms with Crippen LogP contribution in [-0.2, 0) is 0 Å². The second kappa shape index (κ2) is 6.67. The topological polar surface area (TPSA) is 12.0 Å². The lowest BCUT2D eigenvalue weighted by Gasteiger charge is -2.04. The van der Waals surface area contributed by atoms with Crippen molar-refractivity contribution < 1.29 is 0 Å². The van der Waals surface area contributed by atoms with Gasteiger partial charge in [0.25, 0.3) is 0 Å². The van der Waals surface area contributed by atoms with Gasteiger partial charge in [0.2, 0.25) is 0 Å². The van der Waals surface area contributed by atoms with Crippen molar-refractivity contribution in [3.8, 4) is 0 Å². The summed E-state index contributed by atoms with van der Waals surface area (Å²) in [5.74, 6) is 0. The summed E-state index contributed by atoms with van der Waals surface area (Å²) in [6.07, 6.45) is 5.32. The average Bonchev–Trinajstić information content (AvgIpc) is 2.03. The van der Waals surface area contributed by atoms with Crippen LogP contribution in [0.2, 0.25) is 0 Å². The summed E-state index contributed by atoms with van der Waals surface area (Å²) >= 11 is 0. The Bertz CT molecular complexity index is 217. The molecule has 1 nitrogen and oxygen atoms in total. The van der Waals surface area contributed by atoms with E-state index in [0.717, 1.165) is 18.5 Å². The lowest BCUT2D eigenvalue weighted by molar-refractivity contribution is 0.789. The minimum atomic E-state index is 1.03. The SMILES string of the molecule is C=C(C)/C=C\C(CCNC)=C(C)C. The van der Waals surface area contributed by atoms with E-state index in [9.17, 15) is 0 Å². The highest BCUT2D eigenvalue weighted by atomic mass is 14.8. The van der Waals surface area contributed by atoms with E-state index in [4.69, 9.17) is 0 Å². The average molecular weight is 179 g/mol. The van der Waals surface area contributed by atoms with Gasteiger partial charge < -0.3 is 5.32 Å². The molecule has 0 aliphatic rings. The van der Waals surface area contributed by atoms with Crippen molar-refractivity contribution in [1.82, 2.24) is 5.32 Å². The molecule has 0 saturated carbocycles. The maximum absolute atomic E-state index is 3.84. The molecule has 0 aliphatic heterocycles. The lowest BCUT2D eigenvalue weighted by atomic mass is 10.1.